The average Bonchev–Trinajstić information content (AvgIpc) is 3.06. The SMILES string of the molecule is CC1(C)CC(=O)C2C(=NC(COCCN)=C(C#N)C2c2ccsc2)C1. The summed E-state index contributed by atoms with van der Waals surface area (Å²) in [7, 11) is 0. The van der Waals surface area contributed by atoms with Crippen molar-refractivity contribution in [3.63, 3.8) is 0 Å². The molecule has 0 radical (unpaired) electrons. The van der Waals surface area contributed by atoms with Crippen LogP contribution in [0.25, 0.3) is 0 Å². The molecule has 2 heterocycles. The lowest BCUT2D eigenvalue weighted by atomic mass is 9.64. The van der Waals surface area contributed by atoms with Crippen molar-refractivity contribution in [1.82, 2.24) is 0 Å². The number of nitriles is 1. The molecule has 2 aliphatic rings. The number of hydrogen-bond donors (Lipinski definition) is 1. The van der Waals surface area contributed by atoms with Crippen LogP contribution in [0.2, 0.25) is 0 Å². The van der Waals surface area contributed by atoms with E-state index in [-0.39, 0.29) is 29.6 Å². The summed E-state index contributed by atoms with van der Waals surface area (Å²) in [4.78, 5) is 17.6. The van der Waals surface area contributed by atoms with E-state index in [1.54, 1.807) is 11.3 Å². The van der Waals surface area contributed by atoms with Crippen molar-refractivity contribution in [2.24, 2.45) is 22.1 Å². The Morgan fingerprint density at radius 2 is 2.24 bits per heavy atom. The minimum atomic E-state index is -0.324. The van der Waals surface area contributed by atoms with E-state index in [1.165, 1.54) is 0 Å². The predicted octanol–water partition coefficient (Wildman–Crippen LogP) is 3.04. The fourth-order valence-electron chi connectivity index (χ4n) is 3.80. The molecule has 0 aromatic carbocycles. The normalized spacial score (nSPS) is 25.4. The first-order valence-corrected chi connectivity index (χ1v) is 9.44. The Labute approximate surface area is 152 Å². The molecular weight excluding hydrogens is 334 g/mol. The molecule has 0 spiro atoms. The molecule has 2 atom stereocenters. The molecule has 0 bridgehead atoms. The Hall–Kier alpha value is -1.81. The van der Waals surface area contributed by atoms with E-state index in [0.29, 0.717) is 30.8 Å². The summed E-state index contributed by atoms with van der Waals surface area (Å²) in [6.07, 6.45) is 1.29. The van der Waals surface area contributed by atoms with E-state index in [4.69, 9.17) is 15.5 Å². The molecule has 1 aromatic rings. The molecule has 2 unspecified atom stereocenters. The predicted molar refractivity (Wildman–Crippen MR) is 98.5 cm³/mol. The van der Waals surface area contributed by atoms with Crippen LogP contribution < -0.4 is 5.73 Å². The zero-order valence-corrected chi connectivity index (χ0v) is 15.4. The third-order valence-corrected chi connectivity index (χ3v) is 5.48. The number of allylic oxidation sites excluding steroid dienone is 1. The summed E-state index contributed by atoms with van der Waals surface area (Å²) >= 11 is 1.58. The molecule has 1 aliphatic heterocycles. The van der Waals surface area contributed by atoms with Crippen LogP contribution in [-0.2, 0) is 9.53 Å². The van der Waals surface area contributed by atoms with Crippen LogP contribution in [0.5, 0.6) is 0 Å². The average molecular weight is 357 g/mol. The van der Waals surface area contributed by atoms with Crippen molar-refractivity contribution in [2.45, 2.75) is 32.6 Å². The van der Waals surface area contributed by atoms with Gasteiger partial charge in [0.2, 0.25) is 0 Å². The second-order valence-corrected chi connectivity index (χ2v) is 8.19. The summed E-state index contributed by atoms with van der Waals surface area (Å²) in [6.45, 7) is 5.29. The molecule has 1 saturated carbocycles. The molecule has 25 heavy (non-hydrogen) atoms. The van der Waals surface area contributed by atoms with E-state index >= 15 is 0 Å². The first kappa shape index (κ1) is 18.0. The number of thiophene rings is 1. The smallest absolute Gasteiger partial charge is 0.143 e. The van der Waals surface area contributed by atoms with Crippen molar-refractivity contribution in [3.8, 4) is 6.07 Å². The lowest BCUT2D eigenvalue weighted by Gasteiger charge is -2.40. The molecule has 1 fully saturated rings. The summed E-state index contributed by atoms with van der Waals surface area (Å²) in [5.74, 6) is -0.389. The number of ketones is 1. The van der Waals surface area contributed by atoms with Gasteiger partial charge in [0.25, 0.3) is 0 Å². The molecule has 1 aromatic heterocycles. The number of nitrogens with two attached hydrogens (primary N) is 1. The van der Waals surface area contributed by atoms with Crippen LogP contribution in [-0.4, -0.2) is 31.3 Å². The second-order valence-electron chi connectivity index (χ2n) is 7.41. The number of rotatable bonds is 5. The zero-order valence-electron chi connectivity index (χ0n) is 14.6. The highest BCUT2D eigenvalue weighted by Gasteiger charge is 2.46. The maximum atomic E-state index is 12.9. The van der Waals surface area contributed by atoms with E-state index < -0.39 is 0 Å². The summed E-state index contributed by atoms with van der Waals surface area (Å²) in [5, 5.41) is 13.8. The topological polar surface area (TPSA) is 88.5 Å². The minimum absolute atomic E-state index is 0.0982. The van der Waals surface area contributed by atoms with Crippen LogP contribution in [0.1, 0.15) is 38.2 Å². The van der Waals surface area contributed by atoms with Crippen molar-refractivity contribution >= 4 is 22.8 Å². The molecule has 2 N–H and O–H groups in total. The van der Waals surface area contributed by atoms with Gasteiger partial charge in [0.05, 0.1) is 36.5 Å². The Kier molecular flexibility index (Phi) is 5.19. The fourth-order valence-corrected chi connectivity index (χ4v) is 4.50. The van der Waals surface area contributed by atoms with Gasteiger partial charge in [-0.3, -0.25) is 9.79 Å². The van der Waals surface area contributed by atoms with E-state index in [0.717, 1.165) is 17.7 Å². The molecule has 3 rings (SSSR count). The van der Waals surface area contributed by atoms with Gasteiger partial charge in [-0.2, -0.15) is 16.6 Å². The second kappa shape index (κ2) is 7.20. The number of aliphatic imine (C=N–C) groups is 1. The van der Waals surface area contributed by atoms with Gasteiger partial charge >= 0.3 is 0 Å². The lowest BCUT2D eigenvalue weighted by Crippen LogP contribution is -2.43. The Morgan fingerprint density at radius 1 is 1.44 bits per heavy atom. The van der Waals surface area contributed by atoms with E-state index in [1.807, 2.05) is 16.8 Å². The number of carbonyl (C=O) groups excluding carboxylic acids is 1. The van der Waals surface area contributed by atoms with Crippen LogP contribution in [0.4, 0.5) is 0 Å². The largest absolute Gasteiger partial charge is 0.374 e. The lowest BCUT2D eigenvalue weighted by molar-refractivity contribution is -0.124. The van der Waals surface area contributed by atoms with Gasteiger partial charge in [-0.1, -0.05) is 13.8 Å². The first-order chi connectivity index (χ1) is 12.0. The Balaban J connectivity index is 2.06. The number of hydrogen-bond acceptors (Lipinski definition) is 6. The molecule has 0 amide bonds. The molecule has 5 nitrogen and oxygen atoms in total. The van der Waals surface area contributed by atoms with Gasteiger partial charge < -0.3 is 10.5 Å². The maximum absolute atomic E-state index is 12.9. The number of ether oxygens (including phenoxy) is 1. The number of fused-ring (bicyclic) bond motifs is 1. The third-order valence-electron chi connectivity index (χ3n) is 4.78. The third kappa shape index (κ3) is 3.59. The standard InChI is InChI=1S/C19H23N3O2S/c1-19(2)7-14-18(16(23)8-19)17(12-3-6-25-11-12)13(9-21)15(22-14)10-24-5-4-20/h3,6,11,17-18H,4-5,7-8,10,20H2,1-2H3. The van der Waals surface area contributed by atoms with Crippen LogP contribution in [0, 0.1) is 22.7 Å². The van der Waals surface area contributed by atoms with Crippen LogP contribution in [0.3, 0.4) is 0 Å². The number of Topliss-reactive ketones (excluding diaryl/α,β-unsaturated/α-hetero) is 1. The highest BCUT2D eigenvalue weighted by molar-refractivity contribution is 7.08. The fraction of sp³-hybridized carbons (Fsp3) is 0.526. The van der Waals surface area contributed by atoms with Crippen molar-refractivity contribution in [1.29, 1.82) is 5.26 Å². The van der Waals surface area contributed by atoms with Gasteiger partial charge in [0.15, 0.2) is 0 Å². The number of carbonyl (C=O) groups is 1. The van der Waals surface area contributed by atoms with Crippen LogP contribution >= 0.6 is 11.3 Å². The van der Waals surface area contributed by atoms with Gasteiger partial charge in [-0.15, -0.1) is 0 Å². The van der Waals surface area contributed by atoms with Gasteiger partial charge in [0.1, 0.15) is 5.78 Å². The Morgan fingerprint density at radius 3 is 2.88 bits per heavy atom. The molecule has 1 aliphatic carbocycles. The minimum Gasteiger partial charge on any atom is -0.374 e. The van der Waals surface area contributed by atoms with Crippen LogP contribution in [0.15, 0.2) is 33.1 Å². The van der Waals surface area contributed by atoms with Crippen molar-refractivity contribution < 1.29 is 9.53 Å². The Bertz CT molecular complexity index is 756. The monoisotopic (exact) mass is 357 g/mol. The van der Waals surface area contributed by atoms with Crippen molar-refractivity contribution in [2.75, 3.05) is 19.8 Å². The van der Waals surface area contributed by atoms with Gasteiger partial charge in [-0.05, 0) is 34.2 Å². The summed E-state index contributed by atoms with van der Waals surface area (Å²) < 4.78 is 5.56. The highest BCUT2D eigenvalue weighted by Crippen LogP contribution is 2.46. The quantitative estimate of drug-likeness (QED) is 0.820. The van der Waals surface area contributed by atoms with Gasteiger partial charge in [0, 0.05) is 24.6 Å². The molecular formula is C19H23N3O2S. The molecule has 132 valence electrons. The first-order valence-electron chi connectivity index (χ1n) is 8.50. The number of nitrogens with zero attached hydrogens (tertiary/aromatic N) is 2. The molecule has 6 heteroatoms. The van der Waals surface area contributed by atoms with E-state index in [2.05, 4.69) is 19.9 Å². The maximum Gasteiger partial charge on any atom is 0.143 e. The van der Waals surface area contributed by atoms with Crippen molar-refractivity contribution in [3.05, 3.63) is 33.7 Å². The highest BCUT2D eigenvalue weighted by atomic mass is 32.1. The summed E-state index contributed by atoms with van der Waals surface area (Å²) in [6, 6.07) is 4.31. The molecule has 0 saturated heterocycles. The zero-order chi connectivity index (χ0) is 18.0. The summed E-state index contributed by atoms with van der Waals surface area (Å²) in [5.41, 5.74) is 8.50. The van der Waals surface area contributed by atoms with E-state index in [9.17, 15) is 10.1 Å². The van der Waals surface area contributed by atoms with Gasteiger partial charge in [-0.25, -0.2) is 0 Å².